The number of methoxy groups -OCH3 is 2. The Morgan fingerprint density at radius 2 is 2.17 bits per heavy atom. The first-order valence-electron chi connectivity index (χ1n) is 5.33. The number of hydrogen-bond donors (Lipinski definition) is 3. The number of H-pyrrole nitrogens is 1. The van der Waals surface area contributed by atoms with E-state index in [1.165, 1.54) is 6.33 Å². The SMILES string of the molecule is COc1ccc(C(NN)c2ncn[nH]2)c(OC)c1. The zero-order chi connectivity index (χ0) is 13.0. The Morgan fingerprint density at radius 1 is 1.33 bits per heavy atom. The fourth-order valence-electron chi connectivity index (χ4n) is 1.73. The molecule has 1 atom stereocenters. The maximum Gasteiger partial charge on any atom is 0.147 e. The highest BCUT2D eigenvalue weighted by molar-refractivity contribution is 5.44. The van der Waals surface area contributed by atoms with Gasteiger partial charge in [-0.15, -0.1) is 0 Å². The maximum absolute atomic E-state index is 5.57. The van der Waals surface area contributed by atoms with Crippen molar-refractivity contribution in [1.82, 2.24) is 20.6 Å². The Labute approximate surface area is 104 Å². The molecule has 0 aliphatic heterocycles. The van der Waals surface area contributed by atoms with Crippen molar-refractivity contribution in [1.29, 1.82) is 0 Å². The minimum absolute atomic E-state index is 0.326. The monoisotopic (exact) mass is 249 g/mol. The number of nitrogens with zero attached hydrogens (tertiary/aromatic N) is 2. The van der Waals surface area contributed by atoms with E-state index in [4.69, 9.17) is 15.3 Å². The Morgan fingerprint density at radius 3 is 2.72 bits per heavy atom. The number of benzene rings is 1. The molecule has 2 rings (SSSR count). The second kappa shape index (κ2) is 5.48. The molecule has 1 heterocycles. The molecule has 7 heteroatoms. The predicted octanol–water partition coefficient (Wildman–Crippen LogP) is 0.375. The number of aromatic nitrogens is 3. The minimum atomic E-state index is -0.326. The van der Waals surface area contributed by atoms with E-state index < -0.39 is 0 Å². The van der Waals surface area contributed by atoms with E-state index in [2.05, 4.69) is 20.6 Å². The number of ether oxygens (including phenoxy) is 2. The van der Waals surface area contributed by atoms with Crippen molar-refractivity contribution in [2.24, 2.45) is 5.84 Å². The van der Waals surface area contributed by atoms with E-state index in [9.17, 15) is 0 Å². The summed E-state index contributed by atoms with van der Waals surface area (Å²) in [5.74, 6) is 7.55. The molecule has 0 fully saturated rings. The molecule has 0 saturated heterocycles. The first-order chi connectivity index (χ1) is 8.80. The zero-order valence-electron chi connectivity index (χ0n) is 10.2. The summed E-state index contributed by atoms with van der Waals surface area (Å²) >= 11 is 0. The molecule has 0 spiro atoms. The van der Waals surface area contributed by atoms with Gasteiger partial charge in [0.25, 0.3) is 0 Å². The first-order valence-corrected chi connectivity index (χ1v) is 5.33. The summed E-state index contributed by atoms with van der Waals surface area (Å²) in [7, 11) is 3.19. The van der Waals surface area contributed by atoms with Gasteiger partial charge in [-0.2, -0.15) is 5.10 Å². The Bertz CT molecular complexity index is 500. The van der Waals surface area contributed by atoms with Crippen LogP contribution in [-0.2, 0) is 0 Å². The lowest BCUT2D eigenvalue weighted by Gasteiger charge is -2.17. The number of rotatable bonds is 5. The van der Waals surface area contributed by atoms with Crippen molar-refractivity contribution in [3.05, 3.63) is 35.9 Å². The van der Waals surface area contributed by atoms with Gasteiger partial charge < -0.3 is 9.47 Å². The maximum atomic E-state index is 5.57. The Balaban J connectivity index is 2.42. The average molecular weight is 249 g/mol. The van der Waals surface area contributed by atoms with Crippen LogP contribution in [0.3, 0.4) is 0 Å². The summed E-state index contributed by atoms with van der Waals surface area (Å²) in [4.78, 5) is 4.09. The van der Waals surface area contributed by atoms with Crippen molar-refractivity contribution < 1.29 is 9.47 Å². The van der Waals surface area contributed by atoms with Crippen LogP contribution >= 0.6 is 0 Å². The molecule has 0 aliphatic carbocycles. The molecule has 4 N–H and O–H groups in total. The fourth-order valence-corrected chi connectivity index (χ4v) is 1.73. The number of aromatic amines is 1. The summed E-state index contributed by atoms with van der Waals surface area (Å²) in [5.41, 5.74) is 3.52. The highest BCUT2D eigenvalue weighted by atomic mass is 16.5. The van der Waals surface area contributed by atoms with Gasteiger partial charge in [0.1, 0.15) is 29.7 Å². The quantitative estimate of drug-likeness (QED) is 0.523. The average Bonchev–Trinajstić information content (AvgIpc) is 2.94. The molecule has 0 amide bonds. The standard InChI is InChI=1S/C11H15N5O2/c1-17-7-3-4-8(9(5-7)18-2)10(15-12)11-13-6-14-16-11/h3-6,10,15H,12H2,1-2H3,(H,13,14,16). The second-order valence-electron chi connectivity index (χ2n) is 3.58. The minimum Gasteiger partial charge on any atom is -0.497 e. The molecule has 18 heavy (non-hydrogen) atoms. The van der Waals surface area contributed by atoms with Crippen molar-refractivity contribution >= 4 is 0 Å². The smallest absolute Gasteiger partial charge is 0.147 e. The zero-order valence-corrected chi connectivity index (χ0v) is 10.2. The number of hydrazine groups is 1. The summed E-state index contributed by atoms with van der Waals surface area (Å²) < 4.78 is 10.5. The molecule has 1 aromatic heterocycles. The summed E-state index contributed by atoms with van der Waals surface area (Å²) in [6.07, 6.45) is 1.43. The van der Waals surface area contributed by atoms with Crippen LogP contribution in [0, 0.1) is 0 Å². The van der Waals surface area contributed by atoms with Gasteiger partial charge in [-0.05, 0) is 12.1 Å². The lowest BCUT2D eigenvalue weighted by molar-refractivity contribution is 0.387. The summed E-state index contributed by atoms with van der Waals surface area (Å²) in [6.45, 7) is 0. The lowest BCUT2D eigenvalue weighted by Crippen LogP contribution is -2.30. The second-order valence-corrected chi connectivity index (χ2v) is 3.58. The van der Waals surface area contributed by atoms with Gasteiger partial charge in [-0.1, -0.05) is 0 Å². The molecule has 0 bridgehead atoms. The largest absolute Gasteiger partial charge is 0.497 e. The van der Waals surface area contributed by atoms with Gasteiger partial charge in [-0.3, -0.25) is 10.9 Å². The van der Waals surface area contributed by atoms with Gasteiger partial charge in [0.05, 0.1) is 14.2 Å². The van der Waals surface area contributed by atoms with Gasteiger partial charge in [0.2, 0.25) is 0 Å². The molecule has 2 aromatic rings. The van der Waals surface area contributed by atoms with Crippen LogP contribution in [0.4, 0.5) is 0 Å². The molecular weight excluding hydrogens is 234 g/mol. The van der Waals surface area contributed by atoms with Crippen LogP contribution in [0.5, 0.6) is 11.5 Å². The highest BCUT2D eigenvalue weighted by Gasteiger charge is 2.19. The van der Waals surface area contributed by atoms with E-state index in [1.807, 2.05) is 12.1 Å². The highest BCUT2D eigenvalue weighted by Crippen LogP contribution is 2.31. The summed E-state index contributed by atoms with van der Waals surface area (Å²) in [6, 6.07) is 5.16. The third-order valence-corrected chi connectivity index (χ3v) is 2.63. The molecule has 7 nitrogen and oxygen atoms in total. The predicted molar refractivity (Wildman–Crippen MR) is 65.1 cm³/mol. The van der Waals surface area contributed by atoms with Crippen molar-refractivity contribution in [2.45, 2.75) is 6.04 Å². The van der Waals surface area contributed by atoms with Crippen molar-refractivity contribution in [3.8, 4) is 11.5 Å². The van der Waals surface area contributed by atoms with E-state index >= 15 is 0 Å². The topological polar surface area (TPSA) is 98.1 Å². The fraction of sp³-hybridized carbons (Fsp3) is 0.273. The normalized spacial score (nSPS) is 12.2. The van der Waals surface area contributed by atoms with Crippen molar-refractivity contribution in [2.75, 3.05) is 14.2 Å². The van der Waals surface area contributed by atoms with Crippen LogP contribution in [0.15, 0.2) is 24.5 Å². The van der Waals surface area contributed by atoms with E-state index in [1.54, 1.807) is 20.3 Å². The molecule has 1 unspecified atom stereocenters. The Hall–Kier alpha value is -2.12. The van der Waals surface area contributed by atoms with Gasteiger partial charge in [-0.25, -0.2) is 10.4 Å². The van der Waals surface area contributed by atoms with E-state index in [-0.39, 0.29) is 6.04 Å². The molecule has 0 saturated carbocycles. The molecule has 0 radical (unpaired) electrons. The van der Waals surface area contributed by atoms with Crippen LogP contribution < -0.4 is 20.7 Å². The lowest BCUT2D eigenvalue weighted by atomic mass is 10.1. The molecule has 1 aromatic carbocycles. The van der Waals surface area contributed by atoms with Gasteiger partial charge in [0, 0.05) is 11.6 Å². The number of nitrogens with two attached hydrogens (primary N) is 1. The number of hydrogen-bond acceptors (Lipinski definition) is 6. The van der Waals surface area contributed by atoms with Crippen LogP contribution in [0.1, 0.15) is 17.4 Å². The molecule has 96 valence electrons. The molecule has 0 aliphatic rings. The Kier molecular flexibility index (Phi) is 3.75. The van der Waals surface area contributed by atoms with Gasteiger partial charge >= 0.3 is 0 Å². The van der Waals surface area contributed by atoms with Crippen LogP contribution in [0.25, 0.3) is 0 Å². The summed E-state index contributed by atoms with van der Waals surface area (Å²) in [5, 5.41) is 6.58. The number of nitrogens with one attached hydrogen (secondary N) is 2. The molecular formula is C11H15N5O2. The van der Waals surface area contributed by atoms with E-state index in [0.717, 1.165) is 5.56 Å². The van der Waals surface area contributed by atoms with Crippen molar-refractivity contribution in [3.63, 3.8) is 0 Å². The first kappa shape index (κ1) is 12.3. The third-order valence-electron chi connectivity index (χ3n) is 2.63. The van der Waals surface area contributed by atoms with Crippen LogP contribution in [-0.4, -0.2) is 29.4 Å². The van der Waals surface area contributed by atoms with Gasteiger partial charge in [0.15, 0.2) is 0 Å². The van der Waals surface area contributed by atoms with Crippen LogP contribution in [0.2, 0.25) is 0 Å². The van der Waals surface area contributed by atoms with E-state index in [0.29, 0.717) is 17.3 Å². The third kappa shape index (κ3) is 2.27.